The topological polar surface area (TPSA) is 35.5 Å². The van der Waals surface area contributed by atoms with Crippen molar-refractivity contribution in [2.45, 2.75) is 32.7 Å². The maximum absolute atomic E-state index is 13.0. The molecule has 0 radical (unpaired) electrons. The first-order chi connectivity index (χ1) is 9.49. The van der Waals surface area contributed by atoms with E-state index in [0.717, 1.165) is 31.7 Å². The third-order valence-electron chi connectivity index (χ3n) is 3.75. The van der Waals surface area contributed by atoms with Crippen LogP contribution in [0.1, 0.15) is 42.9 Å². The lowest BCUT2D eigenvalue weighted by molar-refractivity contribution is 0.146. The molecule has 1 aromatic rings. The van der Waals surface area contributed by atoms with Crippen LogP contribution in [0.2, 0.25) is 0 Å². The highest BCUT2D eigenvalue weighted by atomic mass is 19.3. The zero-order valence-corrected chi connectivity index (χ0v) is 12.0. The van der Waals surface area contributed by atoms with E-state index in [2.05, 4.69) is 10.2 Å². The summed E-state index contributed by atoms with van der Waals surface area (Å²) in [6.07, 6.45) is -2.64. The Balaban J connectivity index is 2.29. The molecule has 2 N–H and O–H groups in total. The number of halogens is 2. The summed E-state index contributed by atoms with van der Waals surface area (Å²) in [7, 11) is 0. The molecule has 112 valence electrons. The van der Waals surface area contributed by atoms with E-state index in [4.69, 9.17) is 0 Å². The Hall–Kier alpha value is -1.20. The lowest BCUT2D eigenvalue weighted by Gasteiger charge is -2.28. The number of rotatable bonds is 4. The van der Waals surface area contributed by atoms with Crippen molar-refractivity contribution in [3.63, 3.8) is 0 Å². The van der Waals surface area contributed by atoms with E-state index in [0.29, 0.717) is 12.1 Å². The SMILES string of the molecule is CC(C)c1cc(CN2CCNCC2)c(O)c(C(F)F)c1. The number of aromatic hydroxyl groups is 1. The molecule has 1 aliphatic rings. The quantitative estimate of drug-likeness (QED) is 0.892. The first-order valence-corrected chi connectivity index (χ1v) is 7.06. The van der Waals surface area contributed by atoms with Crippen LogP contribution < -0.4 is 5.32 Å². The van der Waals surface area contributed by atoms with Crippen LogP contribution in [0.3, 0.4) is 0 Å². The molecule has 0 aliphatic carbocycles. The molecule has 5 heteroatoms. The van der Waals surface area contributed by atoms with Crippen molar-refractivity contribution >= 4 is 0 Å². The second kappa shape index (κ2) is 6.50. The minimum absolute atomic E-state index is 0.162. The predicted octanol–water partition coefficient (Wildman–Crippen LogP) is 2.86. The standard InChI is InChI=1S/C15H22F2N2O/c1-10(2)11-7-12(9-19-5-3-18-4-6-19)14(20)13(8-11)15(16)17/h7-8,10,15,18,20H,3-6,9H2,1-2H3. The molecule has 0 aromatic heterocycles. The van der Waals surface area contributed by atoms with Gasteiger partial charge in [-0.05, 0) is 17.5 Å². The smallest absolute Gasteiger partial charge is 0.267 e. The molecule has 3 nitrogen and oxygen atoms in total. The Bertz CT molecular complexity index is 457. The maximum Gasteiger partial charge on any atom is 0.267 e. The molecule has 2 rings (SSSR count). The summed E-state index contributed by atoms with van der Waals surface area (Å²) < 4.78 is 26.1. The largest absolute Gasteiger partial charge is 0.507 e. The highest BCUT2D eigenvalue weighted by Gasteiger charge is 2.20. The Labute approximate surface area is 118 Å². The molecule has 0 spiro atoms. The summed E-state index contributed by atoms with van der Waals surface area (Å²) in [5, 5.41) is 13.3. The molecule has 0 bridgehead atoms. The first kappa shape index (κ1) is 15.2. The highest BCUT2D eigenvalue weighted by molar-refractivity contribution is 5.45. The Morgan fingerprint density at radius 3 is 2.45 bits per heavy atom. The molecule has 1 aliphatic heterocycles. The van der Waals surface area contributed by atoms with E-state index in [1.165, 1.54) is 6.07 Å². The van der Waals surface area contributed by atoms with Crippen LogP contribution >= 0.6 is 0 Å². The second-order valence-electron chi connectivity index (χ2n) is 5.60. The highest BCUT2D eigenvalue weighted by Crippen LogP contribution is 2.35. The van der Waals surface area contributed by atoms with Gasteiger partial charge in [0.05, 0.1) is 5.56 Å². The van der Waals surface area contributed by atoms with Crippen molar-refractivity contribution in [3.8, 4) is 5.75 Å². The van der Waals surface area contributed by atoms with Crippen molar-refractivity contribution in [1.29, 1.82) is 0 Å². The van der Waals surface area contributed by atoms with Crippen molar-refractivity contribution in [1.82, 2.24) is 10.2 Å². The van der Waals surface area contributed by atoms with Gasteiger partial charge in [-0.1, -0.05) is 19.9 Å². The van der Waals surface area contributed by atoms with Crippen LogP contribution in [-0.4, -0.2) is 36.2 Å². The number of phenols is 1. The van der Waals surface area contributed by atoms with Crippen LogP contribution in [0.15, 0.2) is 12.1 Å². The number of nitrogens with zero attached hydrogens (tertiary/aromatic N) is 1. The zero-order chi connectivity index (χ0) is 14.7. The number of alkyl halides is 2. The monoisotopic (exact) mass is 284 g/mol. The molecule has 1 saturated heterocycles. The van der Waals surface area contributed by atoms with E-state index >= 15 is 0 Å². The first-order valence-electron chi connectivity index (χ1n) is 7.06. The van der Waals surface area contributed by atoms with Gasteiger partial charge in [0.2, 0.25) is 0 Å². The fraction of sp³-hybridized carbons (Fsp3) is 0.600. The van der Waals surface area contributed by atoms with Gasteiger partial charge < -0.3 is 10.4 Å². The summed E-state index contributed by atoms with van der Waals surface area (Å²) in [4.78, 5) is 2.17. The number of phenolic OH excluding ortho intramolecular Hbond substituents is 1. The van der Waals surface area contributed by atoms with E-state index in [1.807, 2.05) is 19.9 Å². The molecule has 1 heterocycles. The lowest BCUT2D eigenvalue weighted by atomic mass is 9.96. The van der Waals surface area contributed by atoms with Crippen LogP contribution in [0, 0.1) is 0 Å². The summed E-state index contributed by atoms with van der Waals surface area (Å²) in [5.74, 6) is -0.0854. The van der Waals surface area contributed by atoms with E-state index in [1.54, 1.807) is 0 Å². The fourth-order valence-electron chi connectivity index (χ4n) is 2.47. The van der Waals surface area contributed by atoms with Crippen molar-refractivity contribution in [3.05, 3.63) is 28.8 Å². The Morgan fingerprint density at radius 2 is 1.90 bits per heavy atom. The van der Waals surface area contributed by atoms with E-state index in [9.17, 15) is 13.9 Å². The van der Waals surface area contributed by atoms with E-state index in [-0.39, 0.29) is 17.2 Å². The van der Waals surface area contributed by atoms with Gasteiger partial charge in [-0.25, -0.2) is 8.78 Å². The lowest BCUT2D eigenvalue weighted by Crippen LogP contribution is -2.42. The van der Waals surface area contributed by atoms with Gasteiger partial charge in [0.15, 0.2) is 0 Å². The molecule has 1 aromatic carbocycles. The van der Waals surface area contributed by atoms with Gasteiger partial charge in [0, 0.05) is 38.3 Å². The van der Waals surface area contributed by atoms with Crippen molar-refractivity contribution in [2.24, 2.45) is 0 Å². The molecule has 0 amide bonds. The molecule has 0 saturated carbocycles. The molecule has 1 fully saturated rings. The van der Waals surface area contributed by atoms with E-state index < -0.39 is 6.43 Å². The third kappa shape index (κ3) is 3.46. The molecular weight excluding hydrogens is 262 g/mol. The average molecular weight is 284 g/mol. The summed E-state index contributed by atoms with van der Waals surface area (Å²) in [6.45, 7) is 7.99. The Kier molecular flexibility index (Phi) is 4.94. The predicted molar refractivity (Wildman–Crippen MR) is 75.3 cm³/mol. The van der Waals surface area contributed by atoms with Crippen LogP contribution in [0.4, 0.5) is 8.78 Å². The minimum atomic E-state index is -2.64. The molecular formula is C15H22F2N2O. The summed E-state index contributed by atoms with van der Waals surface area (Å²) >= 11 is 0. The van der Waals surface area contributed by atoms with Crippen LogP contribution in [0.25, 0.3) is 0 Å². The average Bonchev–Trinajstić information content (AvgIpc) is 2.41. The zero-order valence-electron chi connectivity index (χ0n) is 12.0. The summed E-state index contributed by atoms with van der Waals surface area (Å²) in [6, 6.07) is 3.28. The molecule has 0 atom stereocenters. The second-order valence-corrected chi connectivity index (χ2v) is 5.60. The maximum atomic E-state index is 13.0. The minimum Gasteiger partial charge on any atom is -0.507 e. The van der Waals surface area contributed by atoms with Crippen LogP contribution in [-0.2, 0) is 6.54 Å². The number of piperazine rings is 1. The third-order valence-corrected chi connectivity index (χ3v) is 3.75. The fourth-order valence-corrected chi connectivity index (χ4v) is 2.47. The Morgan fingerprint density at radius 1 is 1.25 bits per heavy atom. The van der Waals surface area contributed by atoms with Gasteiger partial charge >= 0.3 is 0 Å². The van der Waals surface area contributed by atoms with Gasteiger partial charge in [0.25, 0.3) is 6.43 Å². The van der Waals surface area contributed by atoms with Crippen molar-refractivity contribution < 1.29 is 13.9 Å². The molecule has 20 heavy (non-hydrogen) atoms. The number of benzene rings is 1. The van der Waals surface area contributed by atoms with Gasteiger partial charge in [-0.3, -0.25) is 4.90 Å². The normalized spacial score (nSPS) is 17.1. The number of hydrogen-bond acceptors (Lipinski definition) is 3. The van der Waals surface area contributed by atoms with Crippen LogP contribution in [0.5, 0.6) is 5.75 Å². The molecule has 0 unspecified atom stereocenters. The van der Waals surface area contributed by atoms with Gasteiger partial charge in [0.1, 0.15) is 5.75 Å². The van der Waals surface area contributed by atoms with Gasteiger partial charge in [-0.15, -0.1) is 0 Å². The van der Waals surface area contributed by atoms with Crippen molar-refractivity contribution in [2.75, 3.05) is 26.2 Å². The number of nitrogens with one attached hydrogen (secondary N) is 1. The van der Waals surface area contributed by atoms with Gasteiger partial charge in [-0.2, -0.15) is 0 Å². The number of hydrogen-bond donors (Lipinski definition) is 2. The summed E-state index contributed by atoms with van der Waals surface area (Å²) in [5.41, 5.74) is 1.21.